The lowest BCUT2D eigenvalue weighted by Crippen LogP contribution is -2.36. The van der Waals surface area contributed by atoms with E-state index in [0.29, 0.717) is 6.04 Å². The number of hydrogen-bond donors (Lipinski definition) is 1. The molecule has 0 radical (unpaired) electrons. The monoisotopic (exact) mass is 174 g/mol. The summed E-state index contributed by atoms with van der Waals surface area (Å²) < 4.78 is 5.12. The molecule has 0 amide bonds. The molecule has 0 bridgehead atoms. The van der Waals surface area contributed by atoms with Crippen molar-refractivity contribution in [1.82, 2.24) is 4.90 Å². The number of ether oxygens (including phenoxy) is 1. The molecule has 0 aliphatic heterocycles. The molecule has 0 aliphatic carbocycles. The molecular weight excluding hydrogens is 152 g/mol. The van der Waals surface area contributed by atoms with Gasteiger partial charge in [-0.25, -0.2) is 0 Å². The van der Waals surface area contributed by atoms with Gasteiger partial charge in [0.2, 0.25) is 0 Å². The molecule has 0 aromatic heterocycles. The Bertz CT molecular complexity index is 98.5. The molecule has 0 aromatic carbocycles. The quantitative estimate of drug-likeness (QED) is 0.617. The Balaban J connectivity index is 3.60. The summed E-state index contributed by atoms with van der Waals surface area (Å²) in [5.41, 5.74) is 5.43. The number of rotatable bonds is 7. The summed E-state index contributed by atoms with van der Waals surface area (Å²) in [6.07, 6.45) is 2.20. The van der Waals surface area contributed by atoms with Crippen LogP contribution in [0.4, 0.5) is 0 Å². The SMILES string of the molecule is CCC(COC)N(C)CCCN. The largest absolute Gasteiger partial charge is 0.383 e. The van der Waals surface area contributed by atoms with Crippen molar-refractivity contribution in [2.75, 3.05) is 33.9 Å². The second-order valence-electron chi connectivity index (χ2n) is 3.14. The molecule has 0 saturated heterocycles. The highest BCUT2D eigenvalue weighted by Crippen LogP contribution is 2.02. The van der Waals surface area contributed by atoms with Gasteiger partial charge in [-0.05, 0) is 33.0 Å². The average Bonchev–Trinajstić information content (AvgIpc) is 2.10. The fraction of sp³-hybridized carbons (Fsp3) is 1.00. The van der Waals surface area contributed by atoms with Crippen molar-refractivity contribution in [2.24, 2.45) is 5.73 Å². The van der Waals surface area contributed by atoms with E-state index in [0.717, 1.165) is 32.5 Å². The molecule has 0 spiro atoms. The topological polar surface area (TPSA) is 38.5 Å². The predicted octanol–water partition coefficient (Wildman–Crippen LogP) is 0.692. The maximum atomic E-state index is 5.43. The number of hydrogen-bond acceptors (Lipinski definition) is 3. The summed E-state index contributed by atoms with van der Waals surface area (Å²) in [7, 11) is 3.88. The smallest absolute Gasteiger partial charge is 0.0617 e. The third kappa shape index (κ3) is 4.70. The average molecular weight is 174 g/mol. The van der Waals surface area contributed by atoms with Crippen molar-refractivity contribution in [3.8, 4) is 0 Å². The van der Waals surface area contributed by atoms with Gasteiger partial charge >= 0.3 is 0 Å². The first-order valence-electron chi connectivity index (χ1n) is 4.65. The maximum Gasteiger partial charge on any atom is 0.0617 e. The van der Waals surface area contributed by atoms with Crippen molar-refractivity contribution in [3.05, 3.63) is 0 Å². The van der Waals surface area contributed by atoms with E-state index in [1.54, 1.807) is 7.11 Å². The van der Waals surface area contributed by atoms with Gasteiger partial charge in [0, 0.05) is 13.2 Å². The first-order chi connectivity index (χ1) is 5.76. The van der Waals surface area contributed by atoms with Crippen LogP contribution in [-0.2, 0) is 4.74 Å². The summed E-state index contributed by atoms with van der Waals surface area (Å²) in [5.74, 6) is 0. The van der Waals surface area contributed by atoms with Crippen molar-refractivity contribution >= 4 is 0 Å². The fourth-order valence-corrected chi connectivity index (χ4v) is 1.27. The van der Waals surface area contributed by atoms with Gasteiger partial charge in [0.05, 0.1) is 6.61 Å². The van der Waals surface area contributed by atoms with Crippen LogP contribution in [0.3, 0.4) is 0 Å². The lowest BCUT2D eigenvalue weighted by Gasteiger charge is -2.26. The Labute approximate surface area is 75.9 Å². The Hall–Kier alpha value is -0.120. The van der Waals surface area contributed by atoms with Crippen LogP contribution in [0.5, 0.6) is 0 Å². The highest BCUT2D eigenvalue weighted by molar-refractivity contribution is 4.65. The standard InChI is InChI=1S/C9H22N2O/c1-4-9(8-12-3)11(2)7-5-6-10/h9H,4-8,10H2,1-3H3. The van der Waals surface area contributed by atoms with Crippen LogP contribution < -0.4 is 5.73 Å². The minimum atomic E-state index is 0.543. The molecule has 0 rings (SSSR count). The number of nitrogens with zero attached hydrogens (tertiary/aromatic N) is 1. The van der Waals surface area contributed by atoms with Crippen LogP contribution >= 0.6 is 0 Å². The van der Waals surface area contributed by atoms with E-state index in [1.165, 1.54) is 0 Å². The first-order valence-corrected chi connectivity index (χ1v) is 4.65. The van der Waals surface area contributed by atoms with E-state index in [4.69, 9.17) is 10.5 Å². The van der Waals surface area contributed by atoms with Gasteiger partial charge < -0.3 is 15.4 Å². The van der Waals surface area contributed by atoms with Gasteiger partial charge in [-0.15, -0.1) is 0 Å². The Kier molecular flexibility index (Phi) is 7.45. The summed E-state index contributed by atoms with van der Waals surface area (Å²) in [6, 6.07) is 0.543. The van der Waals surface area contributed by atoms with Gasteiger partial charge in [0.25, 0.3) is 0 Å². The molecule has 0 aliphatic rings. The minimum Gasteiger partial charge on any atom is -0.383 e. The summed E-state index contributed by atoms with van der Waals surface area (Å²) >= 11 is 0. The molecule has 1 atom stereocenters. The molecule has 2 N–H and O–H groups in total. The molecule has 1 unspecified atom stereocenters. The molecule has 3 heteroatoms. The van der Waals surface area contributed by atoms with Crippen LogP contribution in [0.1, 0.15) is 19.8 Å². The second-order valence-corrected chi connectivity index (χ2v) is 3.14. The second kappa shape index (κ2) is 7.53. The number of likely N-dealkylation sites (N-methyl/N-ethyl adjacent to an activating group) is 1. The van der Waals surface area contributed by atoms with E-state index in [-0.39, 0.29) is 0 Å². The fourth-order valence-electron chi connectivity index (χ4n) is 1.27. The van der Waals surface area contributed by atoms with Gasteiger partial charge in [0.1, 0.15) is 0 Å². The Morgan fingerprint density at radius 2 is 2.17 bits per heavy atom. The summed E-state index contributed by atoms with van der Waals surface area (Å²) in [6.45, 7) is 4.84. The van der Waals surface area contributed by atoms with Crippen molar-refractivity contribution in [2.45, 2.75) is 25.8 Å². The van der Waals surface area contributed by atoms with Crippen LogP contribution in [-0.4, -0.2) is 44.8 Å². The number of nitrogens with two attached hydrogens (primary N) is 1. The Morgan fingerprint density at radius 3 is 2.58 bits per heavy atom. The molecular formula is C9H22N2O. The summed E-state index contributed by atoms with van der Waals surface area (Å²) in [5, 5.41) is 0. The van der Waals surface area contributed by atoms with E-state index in [2.05, 4.69) is 18.9 Å². The van der Waals surface area contributed by atoms with E-state index in [1.807, 2.05) is 0 Å². The van der Waals surface area contributed by atoms with Gasteiger partial charge in [0.15, 0.2) is 0 Å². The van der Waals surface area contributed by atoms with Crippen LogP contribution in [0.2, 0.25) is 0 Å². The molecule has 74 valence electrons. The Morgan fingerprint density at radius 1 is 1.50 bits per heavy atom. The van der Waals surface area contributed by atoms with Gasteiger partial charge in [-0.1, -0.05) is 6.92 Å². The summed E-state index contributed by atoms with van der Waals surface area (Å²) in [4.78, 5) is 2.32. The normalized spacial score (nSPS) is 13.8. The third-order valence-corrected chi connectivity index (χ3v) is 2.17. The van der Waals surface area contributed by atoms with Crippen LogP contribution in [0.15, 0.2) is 0 Å². The minimum absolute atomic E-state index is 0.543. The number of methoxy groups -OCH3 is 1. The highest BCUT2D eigenvalue weighted by Gasteiger charge is 2.10. The molecule has 0 fully saturated rings. The lowest BCUT2D eigenvalue weighted by atomic mass is 10.2. The zero-order chi connectivity index (χ0) is 9.40. The van der Waals surface area contributed by atoms with E-state index >= 15 is 0 Å². The highest BCUT2D eigenvalue weighted by atomic mass is 16.5. The van der Waals surface area contributed by atoms with Crippen molar-refractivity contribution in [1.29, 1.82) is 0 Å². The molecule has 3 nitrogen and oxygen atoms in total. The lowest BCUT2D eigenvalue weighted by molar-refractivity contribution is 0.103. The van der Waals surface area contributed by atoms with Crippen LogP contribution in [0.25, 0.3) is 0 Å². The zero-order valence-corrected chi connectivity index (χ0v) is 8.55. The van der Waals surface area contributed by atoms with Gasteiger partial charge in [-0.3, -0.25) is 0 Å². The molecule has 12 heavy (non-hydrogen) atoms. The van der Waals surface area contributed by atoms with Crippen LogP contribution in [0, 0.1) is 0 Å². The first kappa shape index (κ1) is 11.9. The molecule has 0 saturated carbocycles. The van der Waals surface area contributed by atoms with Crippen molar-refractivity contribution in [3.63, 3.8) is 0 Å². The van der Waals surface area contributed by atoms with Gasteiger partial charge in [-0.2, -0.15) is 0 Å². The molecule has 0 aromatic rings. The predicted molar refractivity (Wildman–Crippen MR) is 52.3 cm³/mol. The van der Waals surface area contributed by atoms with Crippen molar-refractivity contribution < 1.29 is 4.74 Å². The third-order valence-electron chi connectivity index (χ3n) is 2.17. The van der Waals surface area contributed by atoms with E-state index in [9.17, 15) is 0 Å². The zero-order valence-electron chi connectivity index (χ0n) is 8.55. The van der Waals surface area contributed by atoms with E-state index < -0.39 is 0 Å². The molecule has 0 heterocycles. The maximum absolute atomic E-state index is 5.43.